The highest BCUT2D eigenvalue weighted by atomic mass is 31.2. The van der Waals surface area contributed by atoms with Gasteiger partial charge in [0.25, 0.3) is 0 Å². The Hall–Kier alpha value is -2.05. The first-order valence-electron chi connectivity index (χ1n) is 7.28. The highest BCUT2D eigenvalue weighted by Gasteiger charge is 2.40. The summed E-state index contributed by atoms with van der Waals surface area (Å²) in [4.78, 5) is 61.9. The van der Waals surface area contributed by atoms with E-state index in [-0.39, 0.29) is 6.29 Å². The molecule has 4 unspecified atom stereocenters. The number of aldehydes is 1. The van der Waals surface area contributed by atoms with E-state index in [2.05, 4.69) is 0 Å². The number of carbonyl (C=O) groups is 4. The van der Waals surface area contributed by atoms with Crippen LogP contribution in [-0.4, -0.2) is 121 Å². The molecule has 0 aliphatic heterocycles. The first-order chi connectivity index (χ1) is 13.3. The number of hydrogen-bond donors (Lipinski definition) is 12. The third-order valence-electron chi connectivity index (χ3n) is 2.71. The lowest BCUT2D eigenvalue weighted by molar-refractivity contribution is -0.170. The van der Waals surface area contributed by atoms with E-state index in [9.17, 15) is 19.2 Å². The van der Waals surface area contributed by atoms with Gasteiger partial charge in [0, 0.05) is 0 Å². The van der Waals surface area contributed by atoms with Gasteiger partial charge in [-0.2, -0.15) is 0 Å². The summed E-state index contributed by atoms with van der Waals surface area (Å²) in [6, 6.07) is 0. The Balaban J connectivity index is -0.000000399. The van der Waals surface area contributed by atoms with Crippen LogP contribution < -0.4 is 0 Å². The average molecular weight is 470 g/mol. The van der Waals surface area contributed by atoms with Gasteiger partial charge in [0.2, 0.25) is 0 Å². The van der Waals surface area contributed by atoms with Crippen LogP contribution in [-0.2, 0) is 23.7 Å². The molecule has 0 aromatic heterocycles. The van der Waals surface area contributed by atoms with Gasteiger partial charge >= 0.3 is 25.7 Å². The Kier molecular flexibility index (Phi) is 16.2. The average Bonchev–Trinajstić information content (AvgIpc) is 2.56. The second kappa shape index (κ2) is 14.9. The molecule has 30 heavy (non-hydrogen) atoms. The molecule has 18 heteroatoms. The Bertz CT molecular complexity index is 575. The molecule has 0 amide bonds. The molecule has 0 radical (unpaired) electrons. The maximum atomic E-state index is 10.3. The van der Waals surface area contributed by atoms with Crippen LogP contribution in [0.5, 0.6) is 0 Å². The first-order valence-corrected chi connectivity index (χ1v) is 8.85. The smallest absolute Gasteiger partial charge is 0.466 e. The molecule has 0 bridgehead atoms. The van der Waals surface area contributed by atoms with Crippen molar-refractivity contribution in [1.82, 2.24) is 0 Å². The zero-order valence-electron chi connectivity index (χ0n) is 14.9. The maximum Gasteiger partial charge on any atom is 0.466 e. The lowest BCUT2D eigenvalue weighted by Crippen LogP contribution is -2.46. The summed E-state index contributed by atoms with van der Waals surface area (Å²) in [5.74, 6) is -5.02. The molecule has 0 aliphatic carbocycles. The lowest BCUT2D eigenvalue weighted by Gasteiger charge is -2.22. The molecule has 17 nitrogen and oxygen atoms in total. The highest BCUT2D eigenvalue weighted by molar-refractivity contribution is 7.45. The maximum absolute atomic E-state index is 10.3. The molecule has 0 spiro atoms. The summed E-state index contributed by atoms with van der Waals surface area (Å²) in [7, 11) is -4.64. The van der Waals surface area contributed by atoms with Crippen LogP contribution in [0.25, 0.3) is 0 Å². The molecule has 0 saturated heterocycles. The fourth-order valence-electron chi connectivity index (χ4n) is 1.33. The van der Waals surface area contributed by atoms with Crippen LogP contribution in [0.2, 0.25) is 0 Å². The van der Waals surface area contributed by atoms with Crippen molar-refractivity contribution < 1.29 is 84.4 Å². The van der Waals surface area contributed by atoms with Gasteiger partial charge in [0.1, 0.15) is 24.4 Å². The predicted molar refractivity (Wildman–Crippen MR) is 88.5 cm³/mol. The van der Waals surface area contributed by atoms with Gasteiger partial charge in [-0.15, -0.1) is 0 Å². The van der Waals surface area contributed by atoms with E-state index in [1.807, 2.05) is 0 Å². The van der Waals surface area contributed by atoms with Gasteiger partial charge in [-0.3, -0.25) is 9.59 Å². The van der Waals surface area contributed by atoms with Crippen molar-refractivity contribution in [2.24, 2.45) is 0 Å². The van der Waals surface area contributed by atoms with Crippen molar-refractivity contribution in [3.63, 3.8) is 0 Å². The first kappa shape index (κ1) is 32.6. The van der Waals surface area contributed by atoms with Gasteiger partial charge in [-0.1, -0.05) is 0 Å². The number of rotatable bonds is 10. The van der Waals surface area contributed by atoms with Gasteiger partial charge in [-0.25, -0.2) is 9.36 Å². The van der Waals surface area contributed by atoms with Gasteiger partial charge < -0.3 is 65.4 Å². The number of hydrogen-bond acceptors (Lipinski definition) is 11. The van der Waals surface area contributed by atoms with Gasteiger partial charge in [0.05, 0.1) is 19.4 Å². The van der Waals surface area contributed by atoms with Crippen LogP contribution in [0.3, 0.4) is 0 Å². The van der Waals surface area contributed by atoms with Crippen LogP contribution in [0.4, 0.5) is 0 Å². The highest BCUT2D eigenvalue weighted by Crippen LogP contribution is 2.25. The van der Waals surface area contributed by atoms with Crippen molar-refractivity contribution in [3.8, 4) is 0 Å². The topological polar surface area (TPSA) is 328 Å². The second-order valence-electron chi connectivity index (χ2n) is 5.35. The SMILES string of the molecule is O=C(O)CC(O)(CC(=O)O)C(=O)O.O=CC(O)C(O)C(O)C(O)CO.O=P(O)(O)O. The standard InChI is InChI=1S/C6H8O7.C6H12O6.H3O4P/c7-3(8)1-6(13,5(11)12)2-4(9)10;7-1-3(9)5(11)6(12)4(10)2-8;1-5(2,3)4/h13H,1-2H2,(H,7,8)(H,9,10)(H,11,12);1,3-6,8-12H,2H2;(H3,1,2,3,4). The molecule has 0 heterocycles. The fraction of sp³-hybridized carbons (Fsp3) is 0.667. The summed E-state index contributed by atoms with van der Waals surface area (Å²) in [6.45, 7) is -0.760. The summed E-state index contributed by atoms with van der Waals surface area (Å²) in [5.41, 5.74) is -2.74. The summed E-state index contributed by atoms with van der Waals surface area (Å²) in [6.07, 6.45) is -9.13. The number of carboxylic acids is 3. The number of aliphatic hydroxyl groups excluding tert-OH is 5. The predicted octanol–water partition coefficient (Wildman–Crippen LogP) is -5.56. The van der Waals surface area contributed by atoms with E-state index in [4.69, 9.17) is 65.2 Å². The molecular weight excluding hydrogens is 447 g/mol. The van der Waals surface area contributed by atoms with Crippen molar-refractivity contribution in [2.45, 2.75) is 42.9 Å². The Morgan fingerprint density at radius 1 is 0.867 bits per heavy atom. The van der Waals surface area contributed by atoms with Crippen molar-refractivity contribution in [2.75, 3.05) is 6.61 Å². The zero-order chi connectivity index (χ0) is 24.9. The van der Waals surface area contributed by atoms with Crippen LogP contribution >= 0.6 is 7.82 Å². The van der Waals surface area contributed by atoms with E-state index in [1.54, 1.807) is 0 Å². The molecule has 0 fully saturated rings. The molecule has 4 atom stereocenters. The minimum Gasteiger partial charge on any atom is -0.481 e. The van der Waals surface area contributed by atoms with E-state index in [1.165, 1.54) is 0 Å². The largest absolute Gasteiger partial charge is 0.481 e. The minimum absolute atomic E-state index is 0.0258. The number of phosphoric acid groups is 1. The normalized spacial score (nSPS) is 15.1. The molecule has 0 saturated carbocycles. The number of carbonyl (C=O) groups excluding carboxylic acids is 1. The van der Waals surface area contributed by atoms with Gasteiger partial charge in [0.15, 0.2) is 11.9 Å². The summed E-state index contributed by atoms with van der Waals surface area (Å²) >= 11 is 0. The van der Waals surface area contributed by atoms with E-state index < -0.39 is 75.2 Å². The third-order valence-corrected chi connectivity index (χ3v) is 2.71. The molecular formula is C12H23O17P. The van der Waals surface area contributed by atoms with Crippen molar-refractivity contribution in [1.29, 1.82) is 0 Å². The number of aliphatic hydroxyl groups is 6. The monoisotopic (exact) mass is 470 g/mol. The summed E-state index contributed by atoms with van der Waals surface area (Å²) < 4.78 is 8.88. The second-order valence-corrected chi connectivity index (χ2v) is 6.38. The molecule has 0 aromatic carbocycles. The molecule has 12 N–H and O–H groups in total. The van der Waals surface area contributed by atoms with Crippen molar-refractivity contribution >= 4 is 32.0 Å². The van der Waals surface area contributed by atoms with Crippen LogP contribution in [0.15, 0.2) is 0 Å². The van der Waals surface area contributed by atoms with E-state index in [0.29, 0.717) is 0 Å². The molecule has 0 aromatic rings. The van der Waals surface area contributed by atoms with Crippen LogP contribution in [0, 0.1) is 0 Å². The Morgan fingerprint density at radius 2 is 1.20 bits per heavy atom. The van der Waals surface area contributed by atoms with Crippen LogP contribution in [0.1, 0.15) is 12.8 Å². The van der Waals surface area contributed by atoms with Crippen molar-refractivity contribution in [3.05, 3.63) is 0 Å². The fourth-order valence-corrected chi connectivity index (χ4v) is 1.33. The third kappa shape index (κ3) is 18.0. The quantitative estimate of drug-likeness (QED) is 0.104. The summed E-state index contributed by atoms with van der Waals surface area (Å²) in [5, 5.41) is 77.3. The lowest BCUT2D eigenvalue weighted by atomic mass is 9.96. The van der Waals surface area contributed by atoms with Gasteiger partial charge in [-0.05, 0) is 0 Å². The van der Waals surface area contributed by atoms with E-state index >= 15 is 0 Å². The number of carboxylic acid groups (broad SMARTS) is 3. The van der Waals surface area contributed by atoms with E-state index in [0.717, 1.165) is 0 Å². The minimum atomic E-state index is -4.64. The molecule has 0 rings (SSSR count). The Labute approximate surface area is 166 Å². The Morgan fingerprint density at radius 3 is 1.40 bits per heavy atom. The molecule has 178 valence electrons. The number of aliphatic carboxylic acids is 3. The zero-order valence-corrected chi connectivity index (χ0v) is 15.8. The molecule has 0 aliphatic rings.